The summed E-state index contributed by atoms with van der Waals surface area (Å²) in [6.07, 6.45) is 0.798. The van der Waals surface area contributed by atoms with Gasteiger partial charge in [0.1, 0.15) is 0 Å². The van der Waals surface area contributed by atoms with Crippen molar-refractivity contribution in [3.63, 3.8) is 0 Å². The molecule has 116 valence electrons. The lowest BCUT2D eigenvalue weighted by atomic mass is 9.92. The highest BCUT2D eigenvalue weighted by atomic mass is 16.2. The van der Waals surface area contributed by atoms with Gasteiger partial charge in [-0.2, -0.15) is 0 Å². The molecule has 0 saturated carbocycles. The second kappa shape index (κ2) is 6.78. The predicted octanol–water partition coefficient (Wildman–Crippen LogP) is 4.76. The average Bonchev–Trinajstić information content (AvgIpc) is 2.48. The first-order valence-corrected chi connectivity index (χ1v) is 7.88. The van der Waals surface area contributed by atoms with Crippen LogP contribution in [0.1, 0.15) is 45.6 Å². The average molecular weight is 295 g/mol. The molecule has 2 heteroatoms. The van der Waals surface area contributed by atoms with Gasteiger partial charge in [-0.3, -0.25) is 4.79 Å². The molecule has 0 spiro atoms. The van der Waals surface area contributed by atoms with Crippen molar-refractivity contribution < 1.29 is 4.79 Å². The molecule has 1 N–H and O–H groups in total. The van der Waals surface area contributed by atoms with E-state index in [9.17, 15) is 4.79 Å². The molecule has 0 fully saturated rings. The van der Waals surface area contributed by atoms with E-state index in [1.807, 2.05) is 39.0 Å². The van der Waals surface area contributed by atoms with E-state index in [-0.39, 0.29) is 17.4 Å². The molecule has 2 rings (SSSR count). The molecule has 0 radical (unpaired) electrons. The van der Waals surface area contributed by atoms with Gasteiger partial charge in [-0.1, -0.05) is 61.5 Å². The van der Waals surface area contributed by atoms with Crippen LogP contribution in [0.2, 0.25) is 0 Å². The van der Waals surface area contributed by atoms with Crippen LogP contribution < -0.4 is 5.32 Å². The van der Waals surface area contributed by atoms with Crippen molar-refractivity contribution in [1.29, 1.82) is 0 Å². The van der Waals surface area contributed by atoms with Crippen molar-refractivity contribution in [2.45, 2.75) is 45.6 Å². The predicted molar refractivity (Wildman–Crippen MR) is 92.8 cm³/mol. The van der Waals surface area contributed by atoms with E-state index in [2.05, 4.69) is 48.6 Å². The fraction of sp³-hybridized carbons (Fsp3) is 0.350. The third-order valence-electron chi connectivity index (χ3n) is 3.64. The Labute approximate surface area is 133 Å². The van der Waals surface area contributed by atoms with Gasteiger partial charge in [-0.15, -0.1) is 0 Å². The van der Waals surface area contributed by atoms with Gasteiger partial charge in [0.15, 0.2) is 0 Å². The smallest absolute Gasteiger partial charge is 0.227 e. The van der Waals surface area contributed by atoms with Crippen molar-refractivity contribution in [2.75, 3.05) is 0 Å². The number of hydrogen-bond donors (Lipinski definition) is 1. The largest absolute Gasteiger partial charge is 0.351 e. The van der Waals surface area contributed by atoms with Crippen LogP contribution in [-0.4, -0.2) is 11.4 Å². The molecule has 1 amide bonds. The molecular formula is C20H25NO. The van der Waals surface area contributed by atoms with Gasteiger partial charge in [0.25, 0.3) is 0 Å². The molecule has 0 aliphatic heterocycles. The molecule has 1 atom stereocenters. The molecule has 0 aromatic heterocycles. The molecule has 1 unspecified atom stereocenters. The van der Waals surface area contributed by atoms with E-state index in [4.69, 9.17) is 0 Å². The van der Waals surface area contributed by atoms with E-state index in [0.29, 0.717) is 0 Å². The minimum atomic E-state index is -0.200. The second-order valence-corrected chi connectivity index (χ2v) is 6.69. The third-order valence-corrected chi connectivity index (χ3v) is 3.64. The number of benzene rings is 2. The van der Waals surface area contributed by atoms with Crippen molar-refractivity contribution in [3.8, 4) is 11.1 Å². The summed E-state index contributed by atoms with van der Waals surface area (Å²) in [5.74, 6) is 0.00603. The fourth-order valence-electron chi connectivity index (χ4n) is 2.57. The lowest BCUT2D eigenvalue weighted by Crippen LogP contribution is -2.43. The van der Waals surface area contributed by atoms with E-state index >= 15 is 0 Å². The molecule has 2 nitrogen and oxygen atoms in total. The van der Waals surface area contributed by atoms with Crippen LogP contribution in [0.5, 0.6) is 0 Å². The summed E-state index contributed by atoms with van der Waals surface area (Å²) in [5.41, 5.74) is 3.25. The summed E-state index contributed by atoms with van der Waals surface area (Å²) in [6, 6.07) is 18.6. The van der Waals surface area contributed by atoms with Gasteiger partial charge in [0, 0.05) is 5.54 Å². The minimum absolute atomic E-state index is 0.0935. The number of hydrogen-bond acceptors (Lipinski definition) is 1. The van der Waals surface area contributed by atoms with E-state index in [1.54, 1.807) is 0 Å². The van der Waals surface area contributed by atoms with Crippen LogP contribution in [0.25, 0.3) is 11.1 Å². The summed E-state index contributed by atoms with van der Waals surface area (Å²) in [5, 5.41) is 3.08. The zero-order valence-electron chi connectivity index (χ0n) is 13.9. The zero-order chi connectivity index (χ0) is 16.2. The number of carbonyl (C=O) groups is 1. The molecular weight excluding hydrogens is 270 g/mol. The molecule has 0 aliphatic carbocycles. The summed E-state index contributed by atoms with van der Waals surface area (Å²) in [7, 11) is 0. The Morgan fingerprint density at radius 2 is 1.50 bits per heavy atom. The Kier molecular flexibility index (Phi) is 5.02. The normalized spacial score (nSPS) is 12.7. The molecule has 0 heterocycles. The quantitative estimate of drug-likeness (QED) is 0.865. The van der Waals surface area contributed by atoms with Crippen LogP contribution in [0.15, 0.2) is 54.6 Å². The SMILES string of the molecule is CCC(C(=O)NC(C)(C)C)c1ccc(-c2ccccc2)cc1. The topological polar surface area (TPSA) is 29.1 Å². The van der Waals surface area contributed by atoms with E-state index < -0.39 is 0 Å². The van der Waals surface area contributed by atoms with Crippen LogP contribution in [-0.2, 0) is 4.79 Å². The van der Waals surface area contributed by atoms with E-state index in [1.165, 1.54) is 11.1 Å². The zero-order valence-corrected chi connectivity index (χ0v) is 13.9. The van der Waals surface area contributed by atoms with Crippen molar-refractivity contribution >= 4 is 5.91 Å². The summed E-state index contributed by atoms with van der Waals surface area (Å²) < 4.78 is 0. The third kappa shape index (κ3) is 4.20. The molecule has 0 aliphatic rings. The number of rotatable bonds is 4. The first kappa shape index (κ1) is 16.3. The monoisotopic (exact) mass is 295 g/mol. The highest BCUT2D eigenvalue weighted by Gasteiger charge is 2.22. The van der Waals surface area contributed by atoms with Gasteiger partial charge in [0.2, 0.25) is 5.91 Å². The Balaban J connectivity index is 2.19. The number of nitrogens with one attached hydrogen (secondary N) is 1. The number of amides is 1. The Bertz CT molecular complexity index is 608. The summed E-state index contributed by atoms with van der Waals surface area (Å²) in [6.45, 7) is 8.08. The lowest BCUT2D eigenvalue weighted by Gasteiger charge is -2.24. The Morgan fingerprint density at radius 1 is 0.955 bits per heavy atom. The first-order valence-electron chi connectivity index (χ1n) is 7.88. The molecule has 0 saturated heterocycles. The maximum Gasteiger partial charge on any atom is 0.227 e. The van der Waals surface area contributed by atoms with Crippen molar-refractivity contribution in [2.24, 2.45) is 0 Å². The van der Waals surface area contributed by atoms with Crippen molar-refractivity contribution in [1.82, 2.24) is 5.32 Å². The van der Waals surface area contributed by atoms with Crippen LogP contribution >= 0.6 is 0 Å². The van der Waals surface area contributed by atoms with Gasteiger partial charge < -0.3 is 5.32 Å². The van der Waals surface area contributed by atoms with Crippen LogP contribution in [0.4, 0.5) is 0 Å². The second-order valence-electron chi connectivity index (χ2n) is 6.69. The fourth-order valence-corrected chi connectivity index (χ4v) is 2.57. The highest BCUT2D eigenvalue weighted by Crippen LogP contribution is 2.25. The number of carbonyl (C=O) groups excluding carboxylic acids is 1. The van der Waals surface area contributed by atoms with Gasteiger partial charge in [-0.25, -0.2) is 0 Å². The Hall–Kier alpha value is -2.09. The highest BCUT2D eigenvalue weighted by molar-refractivity contribution is 5.84. The van der Waals surface area contributed by atoms with Gasteiger partial charge in [-0.05, 0) is 43.9 Å². The van der Waals surface area contributed by atoms with E-state index in [0.717, 1.165) is 12.0 Å². The van der Waals surface area contributed by atoms with Gasteiger partial charge in [0.05, 0.1) is 5.92 Å². The standard InChI is InChI=1S/C20H25NO/c1-5-18(19(22)21-20(2,3)4)17-13-11-16(12-14-17)15-9-7-6-8-10-15/h6-14,18H,5H2,1-4H3,(H,21,22). The molecule has 2 aromatic rings. The van der Waals surface area contributed by atoms with Gasteiger partial charge >= 0.3 is 0 Å². The maximum atomic E-state index is 12.4. The molecule has 2 aromatic carbocycles. The molecule has 0 bridgehead atoms. The van der Waals surface area contributed by atoms with Crippen LogP contribution in [0, 0.1) is 0 Å². The maximum absolute atomic E-state index is 12.4. The Morgan fingerprint density at radius 3 is 2.00 bits per heavy atom. The summed E-state index contributed by atoms with van der Waals surface area (Å²) >= 11 is 0. The van der Waals surface area contributed by atoms with Crippen molar-refractivity contribution in [3.05, 3.63) is 60.2 Å². The lowest BCUT2D eigenvalue weighted by molar-refractivity contribution is -0.124. The summed E-state index contributed by atoms with van der Waals surface area (Å²) in [4.78, 5) is 12.4. The molecule has 22 heavy (non-hydrogen) atoms. The minimum Gasteiger partial charge on any atom is -0.351 e. The first-order chi connectivity index (χ1) is 10.4. The van der Waals surface area contributed by atoms with Crippen LogP contribution in [0.3, 0.4) is 0 Å².